The quantitative estimate of drug-likeness (QED) is 0.792. The van der Waals surface area contributed by atoms with Crippen LogP contribution in [0.1, 0.15) is 29.3 Å². The maximum atomic E-state index is 12.0. The van der Waals surface area contributed by atoms with Crippen molar-refractivity contribution in [3.05, 3.63) is 29.3 Å². The Morgan fingerprint density at radius 1 is 1.39 bits per heavy atom. The van der Waals surface area contributed by atoms with Crippen molar-refractivity contribution in [3.63, 3.8) is 0 Å². The number of rotatable bonds is 5. The number of carbonyl (C=O) groups is 2. The van der Waals surface area contributed by atoms with Crippen LogP contribution in [-0.2, 0) is 14.6 Å². The van der Waals surface area contributed by atoms with Crippen LogP contribution in [0, 0.1) is 6.92 Å². The minimum Gasteiger partial charge on any atom is -0.483 e. The van der Waals surface area contributed by atoms with Crippen molar-refractivity contribution < 1.29 is 22.7 Å². The number of amides is 2. The van der Waals surface area contributed by atoms with Gasteiger partial charge in [0, 0.05) is 0 Å². The Hall–Kier alpha value is -2.09. The molecule has 2 rings (SSSR count). The third-order valence-electron chi connectivity index (χ3n) is 3.71. The lowest BCUT2D eigenvalue weighted by molar-refractivity contribution is -0.124. The lowest BCUT2D eigenvalue weighted by Gasteiger charge is -2.24. The first kappa shape index (κ1) is 17.3. The molecule has 7 nitrogen and oxygen atoms in total. The van der Waals surface area contributed by atoms with Gasteiger partial charge in [0.15, 0.2) is 16.4 Å². The molecule has 8 heteroatoms. The molecule has 1 fully saturated rings. The second kappa shape index (κ2) is 6.19. The summed E-state index contributed by atoms with van der Waals surface area (Å²) >= 11 is 0. The number of aryl methyl sites for hydroxylation is 1. The molecule has 1 aromatic carbocycles. The summed E-state index contributed by atoms with van der Waals surface area (Å²) in [7, 11) is -3.11. The van der Waals surface area contributed by atoms with Gasteiger partial charge in [-0.3, -0.25) is 9.59 Å². The maximum absolute atomic E-state index is 12.0. The Labute approximate surface area is 135 Å². The zero-order chi connectivity index (χ0) is 17.3. The van der Waals surface area contributed by atoms with Gasteiger partial charge in [-0.05, 0) is 38.0 Å². The average molecular weight is 340 g/mol. The van der Waals surface area contributed by atoms with E-state index in [1.165, 1.54) is 6.07 Å². The molecule has 1 aliphatic heterocycles. The van der Waals surface area contributed by atoms with Crippen molar-refractivity contribution in [2.45, 2.75) is 25.8 Å². The number of benzene rings is 1. The number of nitrogens with one attached hydrogen (secondary N) is 1. The molecule has 1 heterocycles. The van der Waals surface area contributed by atoms with Crippen molar-refractivity contribution in [3.8, 4) is 5.75 Å². The summed E-state index contributed by atoms with van der Waals surface area (Å²) in [4.78, 5) is 23.4. The van der Waals surface area contributed by atoms with Gasteiger partial charge in [-0.2, -0.15) is 0 Å². The molecule has 23 heavy (non-hydrogen) atoms. The highest BCUT2D eigenvalue weighted by Crippen LogP contribution is 2.23. The highest BCUT2D eigenvalue weighted by atomic mass is 32.2. The molecule has 0 saturated carbocycles. The Bertz CT molecular complexity index is 744. The number of sulfone groups is 1. The summed E-state index contributed by atoms with van der Waals surface area (Å²) < 4.78 is 28.4. The van der Waals surface area contributed by atoms with Gasteiger partial charge in [0.05, 0.1) is 22.6 Å². The van der Waals surface area contributed by atoms with Crippen LogP contribution in [0.3, 0.4) is 0 Å². The number of primary amides is 1. The van der Waals surface area contributed by atoms with E-state index in [1.54, 1.807) is 19.1 Å². The Morgan fingerprint density at radius 3 is 2.65 bits per heavy atom. The molecule has 1 atom stereocenters. The fraction of sp³-hybridized carbons (Fsp3) is 0.467. The van der Waals surface area contributed by atoms with Crippen molar-refractivity contribution >= 4 is 21.7 Å². The summed E-state index contributed by atoms with van der Waals surface area (Å²) in [6, 6.07) is 4.88. The summed E-state index contributed by atoms with van der Waals surface area (Å²) in [5.41, 5.74) is 5.54. The second-order valence-electron chi connectivity index (χ2n) is 6.10. The van der Waals surface area contributed by atoms with E-state index < -0.39 is 27.2 Å². The van der Waals surface area contributed by atoms with Crippen molar-refractivity contribution in [2.75, 3.05) is 18.1 Å². The van der Waals surface area contributed by atoms with E-state index in [4.69, 9.17) is 10.5 Å². The molecular formula is C15H20N2O5S. The molecule has 0 aromatic heterocycles. The van der Waals surface area contributed by atoms with E-state index in [9.17, 15) is 18.0 Å². The monoisotopic (exact) mass is 340 g/mol. The molecule has 0 bridgehead atoms. The van der Waals surface area contributed by atoms with Crippen LogP contribution in [-0.4, -0.2) is 43.9 Å². The van der Waals surface area contributed by atoms with E-state index in [-0.39, 0.29) is 29.4 Å². The van der Waals surface area contributed by atoms with Crippen molar-refractivity contribution in [1.29, 1.82) is 0 Å². The van der Waals surface area contributed by atoms with E-state index in [2.05, 4.69) is 5.32 Å². The molecule has 1 aromatic rings. The molecule has 0 radical (unpaired) electrons. The zero-order valence-electron chi connectivity index (χ0n) is 13.1. The van der Waals surface area contributed by atoms with Crippen molar-refractivity contribution in [2.24, 2.45) is 5.73 Å². The smallest absolute Gasteiger partial charge is 0.258 e. The zero-order valence-corrected chi connectivity index (χ0v) is 13.9. The van der Waals surface area contributed by atoms with Gasteiger partial charge in [0.25, 0.3) is 11.8 Å². The van der Waals surface area contributed by atoms with Gasteiger partial charge < -0.3 is 15.8 Å². The van der Waals surface area contributed by atoms with E-state index in [0.717, 1.165) is 5.56 Å². The van der Waals surface area contributed by atoms with E-state index in [1.807, 2.05) is 6.92 Å². The van der Waals surface area contributed by atoms with Crippen molar-refractivity contribution in [1.82, 2.24) is 5.32 Å². The Morgan fingerprint density at radius 2 is 2.09 bits per heavy atom. The number of ether oxygens (including phenoxy) is 1. The van der Waals surface area contributed by atoms with Crippen LogP contribution >= 0.6 is 0 Å². The third kappa shape index (κ3) is 4.44. The highest BCUT2D eigenvalue weighted by molar-refractivity contribution is 7.91. The van der Waals surface area contributed by atoms with Gasteiger partial charge in [0.1, 0.15) is 5.75 Å². The highest BCUT2D eigenvalue weighted by Gasteiger charge is 2.39. The SMILES string of the molecule is Cc1ccc(C(N)=O)c(OCC(=O)N[C@@]2(C)CCS(=O)(=O)C2)c1. The summed E-state index contributed by atoms with van der Waals surface area (Å²) in [6.07, 6.45) is 0.373. The molecular weight excluding hydrogens is 320 g/mol. The molecule has 126 valence electrons. The van der Waals surface area contributed by atoms with Gasteiger partial charge >= 0.3 is 0 Å². The molecule has 1 saturated heterocycles. The first-order chi connectivity index (χ1) is 10.6. The van der Waals surface area contributed by atoms with Crippen LogP contribution in [0.2, 0.25) is 0 Å². The topological polar surface area (TPSA) is 116 Å². The second-order valence-corrected chi connectivity index (χ2v) is 8.29. The summed E-state index contributed by atoms with van der Waals surface area (Å²) in [5, 5.41) is 2.69. The predicted molar refractivity (Wildman–Crippen MR) is 85.0 cm³/mol. The minimum atomic E-state index is -3.11. The molecule has 3 N–H and O–H groups in total. The lowest BCUT2D eigenvalue weighted by atomic mass is 10.0. The maximum Gasteiger partial charge on any atom is 0.258 e. The first-order valence-electron chi connectivity index (χ1n) is 7.15. The molecule has 0 aliphatic carbocycles. The van der Waals surface area contributed by atoms with Gasteiger partial charge in [-0.1, -0.05) is 6.07 Å². The summed E-state index contributed by atoms with van der Waals surface area (Å²) in [6.45, 7) is 3.19. The summed E-state index contributed by atoms with van der Waals surface area (Å²) in [5.74, 6) is -0.871. The minimum absolute atomic E-state index is 0.0638. The lowest BCUT2D eigenvalue weighted by Crippen LogP contribution is -2.48. The fourth-order valence-electron chi connectivity index (χ4n) is 2.58. The first-order valence-corrected chi connectivity index (χ1v) is 8.97. The van der Waals surface area contributed by atoms with E-state index in [0.29, 0.717) is 6.42 Å². The number of hydrogen-bond acceptors (Lipinski definition) is 5. The molecule has 2 amide bonds. The predicted octanol–water partition coefficient (Wildman–Crippen LogP) is 0.166. The van der Waals surface area contributed by atoms with Crippen LogP contribution in [0.25, 0.3) is 0 Å². The normalized spacial score (nSPS) is 22.5. The largest absolute Gasteiger partial charge is 0.483 e. The van der Waals surface area contributed by atoms with E-state index >= 15 is 0 Å². The Balaban J connectivity index is 2.00. The molecule has 0 spiro atoms. The van der Waals surface area contributed by atoms with Crippen LogP contribution < -0.4 is 15.8 Å². The van der Waals surface area contributed by atoms with Crippen LogP contribution in [0.5, 0.6) is 5.75 Å². The van der Waals surface area contributed by atoms with Gasteiger partial charge in [0.2, 0.25) is 0 Å². The average Bonchev–Trinajstić information content (AvgIpc) is 2.69. The fourth-order valence-corrected chi connectivity index (χ4v) is 4.67. The third-order valence-corrected chi connectivity index (χ3v) is 5.61. The standard InChI is InChI=1S/C15H20N2O5S/c1-10-3-4-11(14(16)19)12(7-10)22-8-13(18)17-15(2)5-6-23(20,21)9-15/h3-4,7H,5-6,8-9H2,1-2H3,(H2,16,19)(H,17,18)/t15-/m0/s1. The van der Waals surface area contributed by atoms with Gasteiger partial charge in [-0.25, -0.2) is 8.42 Å². The number of carbonyl (C=O) groups excluding carboxylic acids is 2. The van der Waals surface area contributed by atoms with Crippen LogP contribution in [0.4, 0.5) is 0 Å². The number of hydrogen-bond donors (Lipinski definition) is 2. The Kier molecular flexibility index (Phi) is 4.65. The van der Waals surface area contributed by atoms with Gasteiger partial charge in [-0.15, -0.1) is 0 Å². The molecule has 1 aliphatic rings. The van der Waals surface area contributed by atoms with Crippen LogP contribution in [0.15, 0.2) is 18.2 Å². The number of nitrogens with two attached hydrogens (primary N) is 1. The molecule has 0 unspecified atom stereocenters.